The number of anilines is 1. The molecule has 1 aromatic carbocycles. The molecule has 1 N–H and O–H groups in total. The highest BCUT2D eigenvalue weighted by molar-refractivity contribution is 5.93. The third kappa shape index (κ3) is 3.26. The van der Waals surface area contributed by atoms with E-state index in [1.54, 1.807) is 31.3 Å². The van der Waals surface area contributed by atoms with E-state index < -0.39 is 23.9 Å². The average molecular weight is 324 g/mol. The summed E-state index contributed by atoms with van der Waals surface area (Å²) in [6.45, 7) is -0.109. The number of hydrogen-bond acceptors (Lipinski definition) is 4. The number of hydrogen-bond donors (Lipinski definition) is 1. The summed E-state index contributed by atoms with van der Waals surface area (Å²) >= 11 is 0. The molecule has 0 bridgehead atoms. The van der Waals surface area contributed by atoms with E-state index in [1.807, 2.05) is 0 Å². The van der Waals surface area contributed by atoms with Crippen LogP contribution in [0.4, 0.5) is 19.0 Å². The monoisotopic (exact) mass is 324 g/mol. The van der Waals surface area contributed by atoms with E-state index in [0.717, 1.165) is 0 Å². The Hall–Kier alpha value is -2.22. The van der Waals surface area contributed by atoms with Crippen molar-refractivity contribution in [1.82, 2.24) is 14.9 Å². The molecule has 1 fully saturated rings. The van der Waals surface area contributed by atoms with Crippen molar-refractivity contribution in [1.29, 1.82) is 0 Å². The first kappa shape index (κ1) is 15.7. The number of fused-ring (bicyclic) bond motifs is 1. The summed E-state index contributed by atoms with van der Waals surface area (Å²) in [5.74, 6) is -3.33. The topological polar surface area (TPSA) is 58.1 Å². The summed E-state index contributed by atoms with van der Waals surface area (Å²) in [5.41, 5.74) is 1.22. The Labute approximate surface area is 130 Å². The van der Waals surface area contributed by atoms with Crippen LogP contribution in [0.3, 0.4) is 0 Å². The van der Waals surface area contributed by atoms with Gasteiger partial charge in [-0.2, -0.15) is 13.2 Å². The van der Waals surface area contributed by atoms with Crippen LogP contribution in [0.2, 0.25) is 0 Å². The zero-order valence-electron chi connectivity index (χ0n) is 12.3. The molecule has 1 aromatic heterocycles. The first-order chi connectivity index (χ1) is 10.8. The third-order valence-corrected chi connectivity index (χ3v) is 3.96. The van der Waals surface area contributed by atoms with Crippen molar-refractivity contribution in [2.24, 2.45) is 11.8 Å². The lowest BCUT2D eigenvalue weighted by atomic mass is 9.94. The molecule has 0 spiro atoms. The van der Waals surface area contributed by atoms with E-state index in [1.165, 1.54) is 11.1 Å². The maximum absolute atomic E-state index is 13.1. The number of nitrogens with zero attached hydrogens (tertiary/aromatic N) is 3. The number of aromatic nitrogens is 2. The Bertz CT molecular complexity index is 734. The van der Waals surface area contributed by atoms with E-state index in [2.05, 4.69) is 15.3 Å². The molecular formula is C15H15F3N4O. The summed E-state index contributed by atoms with van der Waals surface area (Å²) in [6, 6.07) is 7.06. The Morgan fingerprint density at radius 3 is 2.65 bits per heavy atom. The van der Waals surface area contributed by atoms with Gasteiger partial charge < -0.3 is 10.2 Å². The van der Waals surface area contributed by atoms with Crippen molar-refractivity contribution in [3.63, 3.8) is 0 Å². The number of halogens is 3. The number of carbonyl (C=O) groups excluding carboxylic acids is 1. The summed E-state index contributed by atoms with van der Waals surface area (Å²) in [7, 11) is 1.57. The highest BCUT2D eigenvalue weighted by Crippen LogP contribution is 2.37. The molecule has 0 saturated carbocycles. The standard InChI is InChI=1S/C15H15F3N4O/c1-22-7-9(10(8-22)15(16,17)18)14(23)21-13-6-19-11-4-2-3-5-12(11)20-13/h2-6,9-10H,7-8H2,1H3,(H,20,21,23)/t9-,10-/m1/s1. The molecule has 8 heteroatoms. The maximum atomic E-state index is 13.1. The van der Waals surface area contributed by atoms with Crippen molar-refractivity contribution >= 4 is 22.8 Å². The van der Waals surface area contributed by atoms with E-state index in [9.17, 15) is 18.0 Å². The van der Waals surface area contributed by atoms with Gasteiger partial charge in [0.1, 0.15) is 0 Å². The first-order valence-corrected chi connectivity index (χ1v) is 7.12. The molecule has 0 aliphatic carbocycles. The second kappa shape index (κ2) is 5.77. The fourth-order valence-electron chi connectivity index (χ4n) is 2.83. The predicted octanol–water partition coefficient (Wildman–Crippen LogP) is 2.31. The summed E-state index contributed by atoms with van der Waals surface area (Å²) < 4.78 is 39.2. The van der Waals surface area contributed by atoms with Crippen LogP contribution in [0, 0.1) is 11.8 Å². The highest BCUT2D eigenvalue weighted by Gasteiger charge is 2.51. The average Bonchev–Trinajstić information content (AvgIpc) is 2.89. The van der Waals surface area contributed by atoms with Gasteiger partial charge >= 0.3 is 6.18 Å². The lowest BCUT2D eigenvalue weighted by Crippen LogP contribution is -2.36. The van der Waals surface area contributed by atoms with Crippen molar-refractivity contribution in [2.75, 3.05) is 25.5 Å². The number of amides is 1. The van der Waals surface area contributed by atoms with E-state index >= 15 is 0 Å². The fraction of sp³-hybridized carbons (Fsp3) is 0.400. The minimum Gasteiger partial charge on any atom is -0.309 e. The minimum absolute atomic E-state index is 0.0665. The Kier molecular flexibility index (Phi) is 3.93. The zero-order valence-corrected chi connectivity index (χ0v) is 12.3. The largest absolute Gasteiger partial charge is 0.393 e. The fourth-order valence-corrected chi connectivity index (χ4v) is 2.83. The van der Waals surface area contributed by atoms with Gasteiger partial charge in [0.25, 0.3) is 0 Å². The van der Waals surface area contributed by atoms with Gasteiger partial charge in [0.15, 0.2) is 5.82 Å². The minimum atomic E-state index is -4.40. The van der Waals surface area contributed by atoms with Gasteiger partial charge in [0.05, 0.1) is 29.1 Å². The molecular weight excluding hydrogens is 309 g/mol. The second-order valence-corrected chi connectivity index (χ2v) is 5.71. The molecule has 3 rings (SSSR count). The van der Waals surface area contributed by atoms with E-state index in [0.29, 0.717) is 11.0 Å². The van der Waals surface area contributed by atoms with Gasteiger partial charge in [-0.3, -0.25) is 9.78 Å². The van der Waals surface area contributed by atoms with E-state index in [-0.39, 0.29) is 18.9 Å². The Morgan fingerprint density at radius 1 is 1.26 bits per heavy atom. The SMILES string of the molecule is CN1C[C@@H](C(F)(F)F)[C@H](C(=O)Nc2cnc3ccccc3n2)C1. The molecule has 0 radical (unpaired) electrons. The molecule has 0 unspecified atom stereocenters. The van der Waals surface area contributed by atoms with Crippen LogP contribution in [0.1, 0.15) is 0 Å². The quantitative estimate of drug-likeness (QED) is 0.921. The summed E-state index contributed by atoms with van der Waals surface area (Å²) in [5, 5.41) is 2.46. The smallest absolute Gasteiger partial charge is 0.309 e. The van der Waals surface area contributed by atoms with Gasteiger partial charge in [-0.15, -0.1) is 0 Å². The van der Waals surface area contributed by atoms with Crippen LogP contribution >= 0.6 is 0 Å². The van der Waals surface area contributed by atoms with Crippen LogP contribution in [0.5, 0.6) is 0 Å². The highest BCUT2D eigenvalue weighted by atomic mass is 19.4. The van der Waals surface area contributed by atoms with E-state index in [4.69, 9.17) is 0 Å². The van der Waals surface area contributed by atoms with Crippen molar-refractivity contribution in [3.05, 3.63) is 30.5 Å². The van der Waals surface area contributed by atoms with Crippen LogP contribution in [0.15, 0.2) is 30.5 Å². The normalized spacial score (nSPS) is 22.4. The van der Waals surface area contributed by atoms with Gasteiger partial charge in [0, 0.05) is 13.1 Å². The maximum Gasteiger partial charge on any atom is 0.393 e. The predicted molar refractivity (Wildman–Crippen MR) is 78.7 cm³/mol. The second-order valence-electron chi connectivity index (χ2n) is 5.71. The van der Waals surface area contributed by atoms with Crippen molar-refractivity contribution in [2.45, 2.75) is 6.18 Å². The number of para-hydroxylation sites is 2. The Balaban J connectivity index is 1.79. The molecule has 1 aliphatic rings. The summed E-state index contributed by atoms with van der Waals surface area (Å²) in [6.07, 6.45) is -3.05. The van der Waals surface area contributed by atoms with Crippen LogP contribution < -0.4 is 5.32 Å². The molecule has 2 aromatic rings. The van der Waals surface area contributed by atoms with Gasteiger partial charge in [-0.25, -0.2) is 4.98 Å². The summed E-state index contributed by atoms with van der Waals surface area (Å²) in [4.78, 5) is 22.1. The zero-order chi connectivity index (χ0) is 16.6. The lowest BCUT2D eigenvalue weighted by Gasteiger charge is -2.20. The number of alkyl halides is 3. The molecule has 23 heavy (non-hydrogen) atoms. The number of carbonyl (C=O) groups is 1. The molecule has 2 heterocycles. The Morgan fingerprint density at radius 2 is 1.96 bits per heavy atom. The van der Waals surface area contributed by atoms with Crippen LogP contribution in [-0.2, 0) is 4.79 Å². The van der Waals surface area contributed by atoms with Crippen molar-refractivity contribution in [3.8, 4) is 0 Å². The number of nitrogens with one attached hydrogen (secondary N) is 1. The van der Waals surface area contributed by atoms with Gasteiger partial charge in [0.2, 0.25) is 5.91 Å². The number of benzene rings is 1. The molecule has 122 valence electrons. The number of rotatable bonds is 2. The molecule has 1 amide bonds. The van der Waals surface area contributed by atoms with Crippen LogP contribution in [0.25, 0.3) is 11.0 Å². The molecule has 1 aliphatic heterocycles. The van der Waals surface area contributed by atoms with Gasteiger partial charge in [-0.05, 0) is 19.2 Å². The molecule has 1 saturated heterocycles. The van der Waals surface area contributed by atoms with Crippen LogP contribution in [-0.4, -0.2) is 47.1 Å². The number of likely N-dealkylation sites (tertiary alicyclic amines) is 1. The molecule has 2 atom stereocenters. The third-order valence-electron chi connectivity index (χ3n) is 3.96. The lowest BCUT2D eigenvalue weighted by molar-refractivity contribution is -0.182. The first-order valence-electron chi connectivity index (χ1n) is 7.12. The van der Waals surface area contributed by atoms with Crippen molar-refractivity contribution < 1.29 is 18.0 Å². The van der Waals surface area contributed by atoms with Gasteiger partial charge in [-0.1, -0.05) is 12.1 Å². The molecule has 5 nitrogen and oxygen atoms in total.